The number of amides is 2. The summed E-state index contributed by atoms with van der Waals surface area (Å²) in [6.07, 6.45) is 7.71. The standard InChI is InChI=1S/C18H27N3O2S/c1-4-11-21-17(23)15(16(22)19-18(21)24)12-13-7-9-14(10-8-13)20(5-2)6-3/h4,12-14H,1,5-11H2,2-3H3,(H,19,22,24)/b15-12-. The molecule has 2 fully saturated rings. The van der Waals surface area contributed by atoms with Gasteiger partial charge in [-0.25, -0.2) is 0 Å². The summed E-state index contributed by atoms with van der Waals surface area (Å²) in [4.78, 5) is 28.6. The number of hydrogen-bond acceptors (Lipinski definition) is 4. The number of allylic oxidation sites excluding steroid dienone is 1. The number of hydrogen-bond donors (Lipinski definition) is 1. The van der Waals surface area contributed by atoms with Crippen molar-refractivity contribution < 1.29 is 9.59 Å². The summed E-state index contributed by atoms with van der Waals surface area (Å²) in [5.41, 5.74) is 0.219. The van der Waals surface area contributed by atoms with Gasteiger partial charge in [-0.1, -0.05) is 26.0 Å². The quantitative estimate of drug-likeness (QED) is 0.346. The molecule has 0 spiro atoms. The molecule has 0 bridgehead atoms. The van der Waals surface area contributed by atoms with Crippen LogP contribution in [0.15, 0.2) is 24.3 Å². The largest absolute Gasteiger partial charge is 0.301 e. The van der Waals surface area contributed by atoms with Gasteiger partial charge in [-0.05, 0) is 56.9 Å². The molecule has 1 aliphatic carbocycles. The van der Waals surface area contributed by atoms with Gasteiger partial charge in [0.15, 0.2) is 5.11 Å². The maximum Gasteiger partial charge on any atom is 0.265 e. The van der Waals surface area contributed by atoms with Crippen LogP contribution in [0.3, 0.4) is 0 Å². The maximum atomic E-state index is 12.5. The van der Waals surface area contributed by atoms with Gasteiger partial charge in [-0.15, -0.1) is 6.58 Å². The minimum atomic E-state index is -0.379. The number of carbonyl (C=O) groups is 2. The molecular weight excluding hydrogens is 322 g/mol. The molecule has 1 aliphatic heterocycles. The van der Waals surface area contributed by atoms with Crippen LogP contribution in [0.1, 0.15) is 39.5 Å². The van der Waals surface area contributed by atoms with Gasteiger partial charge < -0.3 is 4.90 Å². The van der Waals surface area contributed by atoms with Crippen LogP contribution < -0.4 is 5.32 Å². The third-order valence-electron chi connectivity index (χ3n) is 4.97. The van der Waals surface area contributed by atoms with Crippen molar-refractivity contribution in [2.75, 3.05) is 19.6 Å². The van der Waals surface area contributed by atoms with E-state index in [0.29, 0.717) is 12.6 Å². The molecule has 0 radical (unpaired) electrons. The van der Waals surface area contributed by atoms with Crippen LogP contribution in [0.2, 0.25) is 0 Å². The lowest BCUT2D eigenvalue weighted by atomic mass is 9.84. The molecule has 2 rings (SSSR count). The normalized spacial score (nSPS) is 26.9. The molecule has 0 unspecified atom stereocenters. The van der Waals surface area contributed by atoms with Crippen molar-refractivity contribution >= 4 is 29.1 Å². The molecule has 132 valence electrons. The van der Waals surface area contributed by atoms with Crippen molar-refractivity contribution in [2.45, 2.75) is 45.6 Å². The molecule has 1 saturated heterocycles. The molecular formula is C18H27N3O2S. The average molecular weight is 350 g/mol. The summed E-state index contributed by atoms with van der Waals surface area (Å²) in [6.45, 7) is 10.5. The van der Waals surface area contributed by atoms with E-state index in [0.717, 1.165) is 38.8 Å². The van der Waals surface area contributed by atoms with Crippen LogP contribution in [0, 0.1) is 5.92 Å². The Hall–Kier alpha value is -1.53. The first kappa shape index (κ1) is 18.8. The number of carbonyl (C=O) groups excluding carboxylic acids is 2. The van der Waals surface area contributed by atoms with Crippen LogP contribution in [0.5, 0.6) is 0 Å². The van der Waals surface area contributed by atoms with E-state index in [1.165, 1.54) is 4.90 Å². The molecule has 0 aromatic carbocycles. The van der Waals surface area contributed by atoms with Crippen LogP contribution in [0.25, 0.3) is 0 Å². The van der Waals surface area contributed by atoms with E-state index in [1.807, 2.05) is 6.08 Å². The van der Waals surface area contributed by atoms with Crippen molar-refractivity contribution in [3.63, 3.8) is 0 Å². The molecule has 0 aromatic rings. The number of nitrogens with one attached hydrogen (secondary N) is 1. The van der Waals surface area contributed by atoms with Gasteiger partial charge in [-0.2, -0.15) is 0 Å². The summed E-state index contributed by atoms with van der Waals surface area (Å²) >= 11 is 5.07. The first-order chi connectivity index (χ1) is 11.5. The van der Waals surface area contributed by atoms with Gasteiger partial charge in [0.25, 0.3) is 11.8 Å². The van der Waals surface area contributed by atoms with Crippen molar-refractivity contribution in [3.8, 4) is 0 Å². The maximum absolute atomic E-state index is 12.5. The fourth-order valence-corrected chi connectivity index (χ4v) is 3.87. The molecule has 0 atom stereocenters. The van der Waals surface area contributed by atoms with Crippen LogP contribution in [-0.2, 0) is 9.59 Å². The van der Waals surface area contributed by atoms with Gasteiger partial charge in [0.05, 0.1) is 0 Å². The summed E-state index contributed by atoms with van der Waals surface area (Å²) in [6, 6.07) is 0.621. The highest BCUT2D eigenvalue weighted by Gasteiger charge is 2.34. The smallest absolute Gasteiger partial charge is 0.265 e. The van der Waals surface area contributed by atoms with Crippen molar-refractivity contribution in [2.24, 2.45) is 5.92 Å². The third-order valence-corrected chi connectivity index (χ3v) is 5.29. The summed E-state index contributed by atoms with van der Waals surface area (Å²) in [5.74, 6) is -0.413. The first-order valence-electron chi connectivity index (χ1n) is 8.75. The molecule has 1 saturated carbocycles. The lowest BCUT2D eigenvalue weighted by Crippen LogP contribution is -2.54. The van der Waals surface area contributed by atoms with Gasteiger partial charge >= 0.3 is 0 Å². The van der Waals surface area contributed by atoms with Crippen molar-refractivity contribution in [1.82, 2.24) is 15.1 Å². The zero-order valence-corrected chi connectivity index (χ0v) is 15.4. The van der Waals surface area contributed by atoms with Crippen molar-refractivity contribution in [3.05, 3.63) is 24.3 Å². The van der Waals surface area contributed by atoms with E-state index in [2.05, 4.69) is 30.6 Å². The highest BCUT2D eigenvalue weighted by Crippen LogP contribution is 2.29. The van der Waals surface area contributed by atoms with Gasteiger partial charge in [0.1, 0.15) is 5.57 Å². The lowest BCUT2D eigenvalue weighted by molar-refractivity contribution is -0.128. The van der Waals surface area contributed by atoms with Gasteiger partial charge in [0.2, 0.25) is 0 Å². The van der Waals surface area contributed by atoms with E-state index in [1.54, 1.807) is 6.08 Å². The highest BCUT2D eigenvalue weighted by atomic mass is 32.1. The fraction of sp³-hybridized carbons (Fsp3) is 0.611. The Balaban J connectivity index is 2.05. The first-order valence-corrected chi connectivity index (χ1v) is 9.16. The number of rotatable bonds is 6. The predicted octanol–water partition coefficient (Wildman–Crippen LogP) is 2.24. The molecule has 24 heavy (non-hydrogen) atoms. The van der Waals surface area contributed by atoms with E-state index in [9.17, 15) is 9.59 Å². The van der Waals surface area contributed by atoms with Gasteiger partial charge in [-0.3, -0.25) is 19.8 Å². The van der Waals surface area contributed by atoms with Crippen LogP contribution in [0.4, 0.5) is 0 Å². The van der Waals surface area contributed by atoms with E-state index in [-0.39, 0.29) is 28.4 Å². The zero-order valence-electron chi connectivity index (χ0n) is 14.6. The summed E-state index contributed by atoms with van der Waals surface area (Å²) in [7, 11) is 0. The fourth-order valence-electron chi connectivity index (χ4n) is 3.62. The Labute approximate surface area is 149 Å². The molecule has 2 aliphatic rings. The average Bonchev–Trinajstić information content (AvgIpc) is 2.58. The molecule has 0 aromatic heterocycles. The number of nitrogens with zero attached hydrogens (tertiary/aromatic N) is 2. The Bertz CT molecular complexity index is 546. The minimum absolute atomic E-state index is 0.160. The molecule has 1 heterocycles. The second-order valence-corrected chi connectivity index (χ2v) is 6.72. The summed E-state index contributed by atoms with van der Waals surface area (Å²) < 4.78 is 0. The minimum Gasteiger partial charge on any atom is -0.301 e. The Morgan fingerprint density at radius 2 is 1.88 bits per heavy atom. The Morgan fingerprint density at radius 1 is 1.25 bits per heavy atom. The topological polar surface area (TPSA) is 52.7 Å². The SMILES string of the molecule is C=CCN1C(=O)/C(=C\C2CCC(N(CC)CC)CC2)C(=O)NC1=S. The zero-order chi connectivity index (χ0) is 17.7. The second-order valence-electron chi connectivity index (χ2n) is 6.33. The molecule has 5 nitrogen and oxygen atoms in total. The van der Waals surface area contributed by atoms with Gasteiger partial charge in [0, 0.05) is 12.6 Å². The van der Waals surface area contributed by atoms with E-state index in [4.69, 9.17) is 12.2 Å². The van der Waals surface area contributed by atoms with Crippen LogP contribution >= 0.6 is 12.2 Å². The van der Waals surface area contributed by atoms with Crippen LogP contribution in [-0.4, -0.2) is 52.4 Å². The molecule has 1 N–H and O–H groups in total. The highest BCUT2D eigenvalue weighted by molar-refractivity contribution is 7.80. The second kappa shape index (κ2) is 8.53. The predicted molar refractivity (Wildman–Crippen MR) is 99.4 cm³/mol. The summed E-state index contributed by atoms with van der Waals surface area (Å²) in [5, 5.41) is 2.76. The lowest BCUT2D eigenvalue weighted by Gasteiger charge is -2.35. The third kappa shape index (κ3) is 4.11. The van der Waals surface area contributed by atoms with E-state index < -0.39 is 0 Å². The monoisotopic (exact) mass is 349 g/mol. The Kier molecular flexibility index (Phi) is 6.69. The molecule has 6 heteroatoms. The van der Waals surface area contributed by atoms with E-state index >= 15 is 0 Å². The molecule has 2 amide bonds. The number of thiocarbonyl (C=S) groups is 1. The Morgan fingerprint density at radius 3 is 2.42 bits per heavy atom. The van der Waals surface area contributed by atoms with Crippen molar-refractivity contribution in [1.29, 1.82) is 0 Å².